The third kappa shape index (κ3) is 5.26. The molecule has 11 rings (SSSR count). The maximum Gasteiger partial charge on any atom is 0.164 e. The molecule has 2 heterocycles. The van der Waals surface area contributed by atoms with E-state index in [9.17, 15) is 0 Å². The minimum Gasteiger partial charge on any atom is -0.456 e. The van der Waals surface area contributed by atoms with Crippen LogP contribution in [0.2, 0.25) is 0 Å². The molecular weight excluding hydrogens is 683 g/mol. The molecule has 11 aromatic rings. The van der Waals surface area contributed by atoms with Crippen molar-refractivity contribution in [3.8, 4) is 56.4 Å². The third-order valence-corrected chi connectivity index (χ3v) is 11.0. The average Bonchev–Trinajstić information content (AvgIpc) is 3.63. The van der Waals surface area contributed by atoms with Crippen LogP contribution in [0.4, 0.5) is 0 Å². The first kappa shape index (κ1) is 32.0. The summed E-state index contributed by atoms with van der Waals surface area (Å²) in [5.74, 6) is 1.90. The number of hydrogen-bond donors (Lipinski definition) is 0. The third-order valence-electron chi connectivity index (χ3n) is 11.0. The number of furan rings is 1. The van der Waals surface area contributed by atoms with Gasteiger partial charge in [-0.1, -0.05) is 157 Å². The number of rotatable bonds is 5. The molecular formula is C52H33N3O. The lowest BCUT2D eigenvalue weighted by Gasteiger charge is -2.15. The molecule has 0 aliphatic rings. The summed E-state index contributed by atoms with van der Waals surface area (Å²) in [4.78, 5) is 15.7. The van der Waals surface area contributed by atoms with Gasteiger partial charge in [0.05, 0.1) is 0 Å². The normalized spacial score (nSPS) is 11.7. The lowest BCUT2D eigenvalue weighted by Crippen LogP contribution is -2.01. The predicted octanol–water partition coefficient (Wildman–Crippen LogP) is 13.9. The fourth-order valence-corrected chi connectivity index (χ4v) is 8.28. The first-order valence-corrected chi connectivity index (χ1v) is 18.9. The second-order valence-electron chi connectivity index (χ2n) is 14.4. The van der Waals surface area contributed by atoms with Crippen LogP contribution in [0.5, 0.6) is 0 Å². The Morgan fingerprint density at radius 1 is 0.339 bits per heavy atom. The van der Waals surface area contributed by atoms with Gasteiger partial charge in [-0.3, -0.25) is 0 Å². The molecule has 0 saturated carbocycles. The molecule has 4 heteroatoms. The summed E-state index contributed by atoms with van der Waals surface area (Å²) in [7, 11) is 0. The van der Waals surface area contributed by atoms with Gasteiger partial charge in [0.25, 0.3) is 0 Å². The zero-order valence-electron chi connectivity index (χ0n) is 30.6. The number of nitrogens with zero attached hydrogens (tertiary/aromatic N) is 3. The molecule has 0 aliphatic carbocycles. The summed E-state index contributed by atoms with van der Waals surface area (Å²) in [5, 5.41) is 9.00. The maximum absolute atomic E-state index is 6.48. The van der Waals surface area contributed by atoms with E-state index < -0.39 is 0 Å². The largest absolute Gasteiger partial charge is 0.456 e. The molecule has 56 heavy (non-hydrogen) atoms. The smallest absolute Gasteiger partial charge is 0.164 e. The molecule has 0 spiro atoms. The van der Waals surface area contributed by atoms with E-state index in [0.717, 1.165) is 76.7 Å². The summed E-state index contributed by atoms with van der Waals surface area (Å²) < 4.78 is 6.48. The summed E-state index contributed by atoms with van der Waals surface area (Å²) in [6, 6.07) is 64.0. The van der Waals surface area contributed by atoms with E-state index in [4.69, 9.17) is 19.4 Å². The number of aromatic nitrogens is 3. The van der Waals surface area contributed by atoms with Crippen LogP contribution in [-0.4, -0.2) is 15.0 Å². The van der Waals surface area contributed by atoms with E-state index >= 15 is 0 Å². The molecule has 0 aliphatic heterocycles. The lowest BCUT2D eigenvalue weighted by atomic mass is 9.92. The Kier molecular flexibility index (Phi) is 7.36. The number of aryl methyl sites for hydroxylation is 1. The highest BCUT2D eigenvalue weighted by Gasteiger charge is 2.20. The molecule has 0 unspecified atom stereocenters. The first-order valence-electron chi connectivity index (χ1n) is 18.9. The van der Waals surface area contributed by atoms with Crippen LogP contribution in [0.1, 0.15) is 5.56 Å². The van der Waals surface area contributed by atoms with E-state index in [1.165, 1.54) is 22.1 Å². The van der Waals surface area contributed by atoms with E-state index in [1.807, 2.05) is 0 Å². The van der Waals surface area contributed by atoms with Gasteiger partial charge in [-0.15, -0.1) is 0 Å². The molecule has 0 saturated heterocycles. The summed E-state index contributed by atoms with van der Waals surface area (Å²) >= 11 is 0. The second-order valence-corrected chi connectivity index (χ2v) is 14.4. The van der Waals surface area contributed by atoms with Crippen LogP contribution >= 0.6 is 0 Å². The van der Waals surface area contributed by atoms with Crippen molar-refractivity contribution >= 4 is 54.3 Å². The predicted molar refractivity (Wildman–Crippen MR) is 232 cm³/mol. The maximum atomic E-state index is 6.48. The van der Waals surface area contributed by atoms with Crippen molar-refractivity contribution < 1.29 is 4.42 Å². The Balaban J connectivity index is 1.13. The zero-order chi connectivity index (χ0) is 37.2. The molecule has 0 radical (unpaired) electrons. The summed E-state index contributed by atoms with van der Waals surface area (Å²) in [6.45, 7) is 2.09. The molecule has 2 aromatic heterocycles. The van der Waals surface area contributed by atoms with Gasteiger partial charge in [-0.2, -0.15) is 0 Å². The Labute approximate surface area is 323 Å². The van der Waals surface area contributed by atoms with Gasteiger partial charge in [-0.05, 0) is 91.8 Å². The molecule has 4 nitrogen and oxygen atoms in total. The van der Waals surface area contributed by atoms with E-state index in [-0.39, 0.29) is 0 Å². The zero-order valence-corrected chi connectivity index (χ0v) is 30.6. The molecule has 9 aromatic carbocycles. The van der Waals surface area contributed by atoms with Crippen molar-refractivity contribution in [2.75, 3.05) is 0 Å². The Morgan fingerprint density at radius 2 is 0.875 bits per heavy atom. The van der Waals surface area contributed by atoms with Gasteiger partial charge < -0.3 is 4.42 Å². The van der Waals surface area contributed by atoms with Crippen molar-refractivity contribution in [3.05, 3.63) is 188 Å². The minimum absolute atomic E-state index is 0.628. The van der Waals surface area contributed by atoms with Crippen molar-refractivity contribution in [1.29, 1.82) is 0 Å². The monoisotopic (exact) mass is 715 g/mol. The van der Waals surface area contributed by atoms with Gasteiger partial charge >= 0.3 is 0 Å². The summed E-state index contributed by atoms with van der Waals surface area (Å²) in [6.07, 6.45) is 0. The van der Waals surface area contributed by atoms with Gasteiger partial charge in [0, 0.05) is 27.5 Å². The topological polar surface area (TPSA) is 51.8 Å². The van der Waals surface area contributed by atoms with Gasteiger partial charge in [0.1, 0.15) is 11.2 Å². The van der Waals surface area contributed by atoms with Crippen molar-refractivity contribution in [1.82, 2.24) is 15.0 Å². The average molecular weight is 716 g/mol. The van der Waals surface area contributed by atoms with Crippen LogP contribution in [0.3, 0.4) is 0 Å². The minimum atomic E-state index is 0.628. The molecule has 0 amide bonds. The van der Waals surface area contributed by atoms with E-state index in [1.54, 1.807) is 0 Å². The van der Waals surface area contributed by atoms with Crippen LogP contribution in [0.25, 0.3) is 111 Å². The van der Waals surface area contributed by atoms with Gasteiger partial charge in [-0.25, -0.2) is 15.0 Å². The van der Waals surface area contributed by atoms with Gasteiger partial charge in [0.2, 0.25) is 0 Å². The highest BCUT2D eigenvalue weighted by Crippen LogP contribution is 2.43. The van der Waals surface area contributed by atoms with Crippen LogP contribution in [0.15, 0.2) is 186 Å². The molecule has 0 bridgehead atoms. The van der Waals surface area contributed by atoms with E-state index in [2.05, 4.69) is 189 Å². The highest BCUT2D eigenvalue weighted by atomic mass is 16.3. The molecule has 262 valence electrons. The lowest BCUT2D eigenvalue weighted by molar-refractivity contribution is 0.669. The van der Waals surface area contributed by atoms with Crippen LogP contribution in [0, 0.1) is 6.92 Å². The Morgan fingerprint density at radius 3 is 1.55 bits per heavy atom. The van der Waals surface area contributed by atoms with E-state index in [0.29, 0.717) is 17.5 Å². The SMILES string of the molecule is Cc1ccc(-c2nc(-c3ccc(-c4ccccc4)c4ccccc34)nc(-c3ccc(-c4cccc5oc6cc7ccccc7cc6c45)c4ccccc34)n2)cc1. The molecule has 0 fully saturated rings. The molecule has 0 N–H and O–H groups in total. The quantitative estimate of drug-likeness (QED) is 0.178. The standard InChI is InChI=1S/C52H33N3O/c1-32-22-24-34(25-23-32)50-53-51(44-28-26-37(33-12-3-2-4-13-33)38-16-7-9-18-40(38)44)55-52(54-50)45-29-27-42(39-17-8-10-19-41(39)45)43-20-11-21-47-49(43)46-30-35-14-5-6-15-36(35)31-48(46)56-47/h2-31H,1H3. The Hall–Kier alpha value is -7.43. The fraction of sp³-hybridized carbons (Fsp3) is 0.0192. The summed E-state index contributed by atoms with van der Waals surface area (Å²) in [5.41, 5.74) is 10.4. The van der Waals surface area contributed by atoms with Crippen molar-refractivity contribution in [3.63, 3.8) is 0 Å². The van der Waals surface area contributed by atoms with Crippen LogP contribution < -0.4 is 0 Å². The highest BCUT2D eigenvalue weighted by molar-refractivity contribution is 6.18. The second kappa shape index (κ2) is 12.9. The van der Waals surface area contributed by atoms with Crippen molar-refractivity contribution in [2.24, 2.45) is 0 Å². The number of fused-ring (bicyclic) bond motifs is 6. The Bertz CT molecular complexity index is 3310. The molecule has 0 atom stereocenters. The number of hydrogen-bond acceptors (Lipinski definition) is 4. The van der Waals surface area contributed by atoms with Gasteiger partial charge in [0.15, 0.2) is 17.5 Å². The fourth-order valence-electron chi connectivity index (χ4n) is 8.28. The van der Waals surface area contributed by atoms with Crippen LogP contribution in [-0.2, 0) is 0 Å². The number of benzene rings is 9. The first-order chi connectivity index (χ1) is 27.7. The van der Waals surface area contributed by atoms with Crippen molar-refractivity contribution in [2.45, 2.75) is 6.92 Å².